The monoisotopic (exact) mass is 259 g/mol. The summed E-state index contributed by atoms with van der Waals surface area (Å²) in [6.45, 7) is 4.16. The Morgan fingerprint density at radius 1 is 1.50 bits per heavy atom. The molecule has 2 N–H and O–H groups in total. The molecule has 1 aromatic heterocycles. The molecule has 0 spiro atoms. The molecule has 4 nitrogen and oxygen atoms in total. The molecule has 0 aliphatic carbocycles. The molecule has 0 fully saturated rings. The van der Waals surface area contributed by atoms with Crippen LogP contribution in [0.5, 0.6) is 0 Å². The molecule has 14 heavy (non-hydrogen) atoms. The highest BCUT2D eigenvalue weighted by Gasteiger charge is 2.17. The molecular weight excluding hydrogens is 246 g/mol. The maximum absolute atomic E-state index is 9.71. The van der Waals surface area contributed by atoms with E-state index in [0.29, 0.717) is 18.9 Å². The Labute approximate surface area is 91.9 Å². The second-order valence-corrected chi connectivity index (χ2v) is 4.34. The van der Waals surface area contributed by atoms with Gasteiger partial charge in [-0.1, -0.05) is 6.92 Å². The van der Waals surface area contributed by atoms with E-state index < -0.39 is 5.60 Å². The van der Waals surface area contributed by atoms with Crippen LogP contribution in [-0.2, 0) is 0 Å². The van der Waals surface area contributed by atoms with Gasteiger partial charge < -0.3 is 10.4 Å². The summed E-state index contributed by atoms with van der Waals surface area (Å²) >= 11 is 3.25. The fourth-order valence-corrected chi connectivity index (χ4v) is 1.00. The SMILES string of the molecule is CCC(C)(O)CNc1ncc(Br)cn1. The average molecular weight is 260 g/mol. The first-order valence-electron chi connectivity index (χ1n) is 4.47. The number of aliphatic hydroxyl groups is 1. The number of hydrogen-bond donors (Lipinski definition) is 2. The summed E-state index contributed by atoms with van der Waals surface area (Å²) in [5, 5.41) is 12.7. The lowest BCUT2D eigenvalue weighted by molar-refractivity contribution is 0.0695. The highest BCUT2D eigenvalue weighted by atomic mass is 79.9. The van der Waals surface area contributed by atoms with Gasteiger partial charge in [0.25, 0.3) is 0 Å². The Balaban J connectivity index is 2.50. The van der Waals surface area contributed by atoms with Crippen molar-refractivity contribution in [2.75, 3.05) is 11.9 Å². The van der Waals surface area contributed by atoms with Crippen molar-refractivity contribution in [1.82, 2.24) is 9.97 Å². The number of halogens is 1. The van der Waals surface area contributed by atoms with Crippen molar-refractivity contribution in [3.05, 3.63) is 16.9 Å². The Bertz CT molecular complexity index is 287. The normalized spacial score (nSPS) is 14.9. The zero-order valence-corrected chi connectivity index (χ0v) is 9.87. The van der Waals surface area contributed by atoms with Crippen LogP contribution in [0.4, 0.5) is 5.95 Å². The molecule has 5 heteroatoms. The summed E-state index contributed by atoms with van der Waals surface area (Å²) in [5.41, 5.74) is -0.712. The minimum Gasteiger partial charge on any atom is -0.388 e. The molecule has 0 amide bonds. The highest BCUT2D eigenvalue weighted by molar-refractivity contribution is 9.10. The molecule has 0 saturated carbocycles. The Morgan fingerprint density at radius 2 is 2.07 bits per heavy atom. The van der Waals surface area contributed by atoms with Crippen LogP contribution >= 0.6 is 15.9 Å². The number of nitrogens with zero attached hydrogens (tertiary/aromatic N) is 2. The van der Waals surface area contributed by atoms with E-state index in [4.69, 9.17) is 0 Å². The predicted molar refractivity (Wildman–Crippen MR) is 59.1 cm³/mol. The number of rotatable bonds is 4. The fourth-order valence-electron chi connectivity index (χ4n) is 0.798. The van der Waals surface area contributed by atoms with Crippen LogP contribution in [0.15, 0.2) is 16.9 Å². The molecule has 78 valence electrons. The summed E-state index contributed by atoms with van der Waals surface area (Å²) in [4.78, 5) is 8.07. The van der Waals surface area contributed by atoms with E-state index in [1.165, 1.54) is 0 Å². The lowest BCUT2D eigenvalue weighted by atomic mass is 10.0. The van der Waals surface area contributed by atoms with E-state index in [0.717, 1.165) is 4.47 Å². The van der Waals surface area contributed by atoms with Crippen LogP contribution in [-0.4, -0.2) is 27.2 Å². The number of aromatic nitrogens is 2. The van der Waals surface area contributed by atoms with Crippen LogP contribution in [0.1, 0.15) is 20.3 Å². The summed E-state index contributed by atoms with van der Waals surface area (Å²) < 4.78 is 0.838. The van der Waals surface area contributed by atoms with Gasteiger partial charge in [-0.25, -0.2) is 9.97 Å². The molecule has 0 aromatic carbocycles. The van der Waals surface area contributed by atoms with Gasteiger partial charge in [-0.2, -0.15) is 0 Å². The quantitative estimate of drug-likeness (QED) is 0.866. The van der Waals surface area contributed by atoms with Gasteiger partial charge in [0.15, 0.2) is 0 Å². The zero-order valence-electron chi connectivity index (χ0n) is 8.29. The molecule has 0 saturated heterocycles. The van der Waals surface area contributed by atoms with Crippen molar-refractivity contribution in [1.29, 1.82) is 0 Å². The summed E-state index contributed by atoms with van der Waals surface area (Å²) in [6, 6.07) is 0. The molecular formula is C9H14BrN3O. The van der Waals surface area contributed by atoms with E-state index in [2.05, 4.69) is 31.2 Å². The minimum absolute atomic E-state index is 0.450. The Hall–Kier alpha value is -0.680. The van der Waals surface area contributed by atoms with Gasteiger partial charge in [-0.05, 0) is 29.3 Å². The maximum Gasteiger partial charge on any atom is 0.222 e. The van der Waals surface area contributed by atoms with Gasteiger partial charge in [-0.3, -0.25) is 0 Å². The second-order valence-electron chi connectivity index (χ2n) is 3.43. The van der Waals surface area contributed by atoms with E-state index >= 15 is 0 Å². The highest BCUT2D eigenvalue weighted by Crippen LogP contribution is 2.10. The van der Waals surface area contributed by atoms with Crippen molar-refractivity contribution in [2.24, 2.45) is 0 Å². The van der Waals surface area contributed by atoms with Gasteiger partial charge in [0.2, 0.25) is 5.95 Å². The molecule has 0 radical (unpaired) electrons. The summed E-state index contributed by atoms with van der Waals surface area (Å²) in [7, 11) is 0. The smallest absolute Gasteiger partial charge is 0.222 e. The maximum atomic E-state index is 9.71. The van der Waals surface area contributed by atoms with Crippen LogP contribution in [0, 0.1) is 0 Å². The van der Waals surface area contributed by atoms with E-state index in [1.807, 2.05) is 6.92 Å². The van der Waals surface area contributed by atoms with Gasteiger partial charge in [0.05, 0.1) is 10.1 Å². The van der Waals surface area contributed by atoms with Gasteiger partial charge >= 0.3 is 0 Å². The van der Waals surface area contributed by atoms with E-state index in [-0.39, 0.29) is 0 Å². The van der Waals surface area contributed by atoms with Gasteiger partial charge in [0.1, 0.15) is 0 Å². The third-order valence-corrected chi connectivity index (χ3v) is 2.42. The van der Waals surface area contributed by atoms with Crippen LogP contribution < -0.4 is 5.32 Å². The first kappa shape index (κ1) is 11.4. The van der Waals surface area contributed by atoms with Gasteiger partial charge in [-0.15, -0.1) is 0 Å². The summed E-state index contributed by atoms with van der Waals surface area (Å²) in [6.07, 6.45) is 4.02. The molecule has 0 aliphatic rings. The third-order valence-electron chi connectivity index (χ3n) is 2.01. The largest absolute Gasteiger partial charge is 0.388 e. The lowest BCUT2D eigenvalue weighted by Gasteiger charge is -2.21. The second kappa shape index (κ2) is 4.70. The number of anilines is 1. The molecule has 1 atom stereocenters. The molecule has 1 rings (SSSR count). The standard InChI is InChI=1S/C9H14BrN3O/c1-3-9(2,14)6-13-8-11-4-7(10)5-12-8/h4-5,14H,3,6H2,1-2H3,(H,11,12,13). The molecule has 1 aromatic rings. The lowest BCUT2D eigenvalue weighted by Crippen LogP contribution is -2.32. The summed E-state index contributed by atoms with van der Waals surface area (Å²) in [5.74, 6) is 0.530. The van der Waals surface area contributed by atoms with Crippen molar-refractivity contribution < 1.29 is 5.11 Å². The fraction of sp³-hybridized carbons (Fsp3) is 0.556. The number of nitrogens with one attached hydrogen (secondary N) is 1. The zero-order chi connectivity index (χ0) is 10.6. The van der Waals surface area contributed by atoms with Crippen LogP contribution in [0.3, 0.4) is 0 Å². The topological polar surface area (TPSA) is 58.0 Å². The molecule has 0 bridgehead atoms. The predicted octanol–water partition coefficient (Wildman–Crippen LogP) is 1.81. The average Bonchev–Trinajstić information content (AvgIpc) is 2.17. The minimum atomic E-state index is -0.712. The van der Waals surface area contributed by atoms with Crippen molar-refractivity contribution in [3.8, 4) is 0 Å². The van der Waals surface area contributed by atoms with E-state index in [1.54, 1.807) is 19.3 Å². The van der Waals surface area contributed by atoms with E-state index in [9.17, 15) is 5.11 Å². The van der Waals surface area contributed by atoms with Crippen LogP contribution in [0.2, 0.25) is 0 Å². The molecule has 1 heterocycles. The van der Waals surface area contributed by atoms with Crippen LogP contribution in [0.25, 0.3) is 0 Å². The first-order valence-corrected chi connectivity index (χ1v) is 5.26. The van der Waals surface area contributed by atoms with Gasteiger partial charge in [0, 0.05) is 18.9 Å². The Kier molecular flexibility index (Phi) is 3.83. The Morgan fingerprint density at radius 3 is 2.57 bits per heavy atom. The number of hydrogen-bond acceptors (Lipinski definition) is 4. The van der Waals surface area contributed by atoms with Crippen molar-refractivity contribution in [2.45, 2.75) is 25.9 Å². The van der Waals surface area contributed by atoms with Crippen molar-refractivity contribution >= 4 is 21.9 Å². The molecule has 1 unspecified atom stereocenters. The first-order chi connectivity index (χ1) is 6.53. The van der Waals surface area contributed by atoms with Crippen molar-refractivity contribution in [3.63, 3.8) is 0 Å². The molecule has 0 aliphatic heterocycles. The third kappa shape index (κ3) is 3.59.